The van der Waals surface area contributed by atoms with E-state index < -0.39 is 0 Å². The summed E-state index contributed by atoms with van der Waals surface area (Å²) in [5, 5.41) is 3.64. The lowest BCUT2D eigenvalue weighted by Crippen LogP contribution is -2.36. The zero-order valence-corrected chi connectivity index (χ0v) is 11.4. The maximum absolute atomic E-state index is 4.07. The van der Waals surface area contributed by atoms with Crippen molar-refractivity contribution in [3.8, 4) is 5.69 Å². The van der Waals surface area contributed by atoms with Gasteiger partial charge in [-0.15, -0.1) is 0 Å². The Morgan fingerprint density at radius 2 is 2.11 bits per heavy atom. The average Bonchev–Trinajstić information content (AvgIpc) is 2.89. The molecule has 0 aliphatic heterocycles. The molecule has 2 aromatic rings. The molecule has 3 nitrogen and oxygen atoms in total. The van der Waals surface area contributed by atoms with Crippen LogP contribution in [0.25, 0.3) is 5.69 Å². The molecule has 1 atom stereocenters. The lowest BCUT2D eigenvalue weighted by atomic mass is 9.80. The third-order valence-corrected chi connectivity index (χ3v) is 4.22. The van der Waals surface area contributed by atoms with Gasteiger partial charge in [0.25, 0.3) is 0 Å². The van der Waals surface area contributed by atoms with Crippen molar-refractivity contribution in [3.05, 3.63) is 48.5 Å². The molecule has 3 heteroatoms. The van der Waals surface area contributed by atoms with Crippen molar-refractivity contribution in [2.75, 3.05) is 0 Å². The molecule has 1 heterocycles. The van der Waals surface area contributed by atoms with Crippen LogP contribution in [0.5, 0.6) is 0 Å². The van der Waals surface area contributed by atoms with E-state index in [0.717, 1.165) is 18.2 Å². The highest BCUT2D eigenvalue weighted by atomic mass is 15.0. The molecule has 1 aliphatic rings. The summed E-state index contributed by atoms with van der Waals surface area (Å²) in [5.74, 6) is 0.894. The van der Waals surface area contributed by atoms with Crippen molar-refractivity contribution in [2.24, 2.45) is 5.92 Å². The third kappa shape index (κ3) is 2.87. The molecule has 0 spiro atoms. The maximum Gasteiger partial charge on any atom is 0.0991 e. The normalized spacial score (nSPS) is 17.1. The van der Waals surface area contributed by atoms with Crippen LogP contribution in [-0.2, 0) is 6.54 Å². The van der Waals surface area contributed by atoms with Crippen LogP contribution >= 0.6 is 0 Å². The summed E-state index contributed by atoms with van der Waals surface area (Å²) >= 11 is 0. The molecule has 0 saturated heterocycles. The van der Waals surface area contributed by atoms with Crippen molar-refractivity contribution in [1.29, 1.82) is 0 Å². The van der Waals surface area contributed by atoms with Crippen LogP contribution in [0.2, 0.25) is 0 Å². The number of hydrogen-bond donors (Lipinski definition) is 1. The van der Waals surface area contributed by atoms with E-state index in [0.29, 0.717) is 6.04 Å². The second kappa shape index (κ2) is 5.57. The van der Waals surface area contributed by atoms with Crippen molar-refractivity contribution >= 4 is 0 Å². The van der Waals surface area contributed by atoms with Gasteiger partial charge >= 0.3 is 0 Å². The fourth-order valence-corrected chi connectivity index (χ4v) is 2.58. The Bertz CT molecular complexity index is 497. The van der Waals surface area contributed by atoms with Crippen LogP contribution in [0.3, 0.4) is 0 Å². The predicted molar refractivity (Wildman–Crippen MR) is 77.2 cm³/mol. The first-order valence-electron chi connectivity index (χ1n) is 7.13. The third-order valence-electron chi connectivity index (χ3n) is 4.22. The van der Waals surface area contributed by atoms with E-state index in [1.807, 2.05) is 17.1 Å². The van der Waals surface area contributed by atoms with Gasteiger partial charge in [0, 0.05) is 30.7 Å². The van der Waals surface area contributed by atoms with Crippen molar-refractivity contribution in [3.63, 3.8) is 0 Å². The van der Waals surface area contributed by atoms with Crippen molar-refractivity contribution < 1.29 is 0 Å². The standard InChI is InChI=1S/C16H21N3/c1-13(15-3-2-4-15)18-11-14-5-7-16(8-6-14)19-10-9-17-12-19/h5-10,12-13,15,18H,2-4,11H2,1H3. The quantitative estimate of drug-likeness (QED) is 0.889. The minimum absolute atomic E-state index is 0.641. The second-order valence-electron chi connectivity index (χ2n) is 5.50. The van der Waals surface area contributed by atoms with Gasteiger partial charge < -0.3 is 9.88 Å². The second-order valence-corrected chi connectivity index (χ2v) is 5.50. The summed E-state index contributed by atoms with van der Waals surface area (Å²) in [4.78, 5) is 4.07. The first-order chi connectivity index (χ1) is 9.33. The first kappa shape index (κ1) is 12.4. The number of imidazole rings is 1. The molecule has 1 aromatic carbocycles. The van der Waals surface area contributed by atoms with E-state index in [1.165, 1.54) is 24.8 Å². The zero-order valence-electron chi connectivity index (χ0n) is 11.4. The van der Waals surface area contributed by atoms with Crippen LogP contribution in [0.1, 0.15) is 31.7 Å². The lowest BCUT2D eigenvalue weighted by molar-refractivity contribution is 0.240. The zero-order chi connectivity index (χ0) is 13.1. The van der Waals surface area contributed by atoms with E-state index in [2.05, 4.69) is 41.5 Å². The minimum atomic E-state index is 0.641. The Balaban J connectivity index is 1.57. The van der Waals surface area contributed by atoms with Crippen LogP contribution in [0.15, 0.2) is 43.0 Å². The summed E-state index contributed by atoms with van der Waals surface area (Å²) in [6.45, 7) is 3.27. The molecule has 0 bridgehead atoms. The maximum atomic E-state index is 4.07. The molecule has 1 N–H and O–H groups in total. The SMILES string of the molecule is CC(NCc1ccc(-n2ccnc2)cc1)C1CCC1. The Hall–Kier alpha value is -1.61. The van der Waals surface area contributed by atoms with Gasteiger partial charge in [-0.3, -0.25) is 0 Å². The Morgan fingerprint density at radius 3 is 2.68 bits per heavy atom. The van der Waals surface area contributed by atoms with Gasteiger partial charge in [0.05, 0.1) is 6.33 Å². The topological polar surface area (TPSA) is 29.9 Å². The molecule has 100 valence electrons. The number of nitrogens with zero attached hydrogens (tertiary/aromatic N) is 2. The largest absolute Gasteiger partial charge is 0.310 e. The fraction of sp³-hybridized carbons (Fsp3) is 0.438. The van der Waals surface area contributed by atoms with Crippen LogP contribution in [0.4, 0.5) is 0 Å². The molecular weight excluding hydrogens is 234 g/mol. The highest BCUT2D eigenvalue weighted by molar-refractivity contribution is 5.34. The predicted octanol–water partition coefficient (Wildman–Crippen LogP) is 3.15. The Labute approximate surface area is 114 Å². The number of nitrogens with one attached hydrogen (secondary N) is 1. The van der Waals surface area contributed by atoms with Gasteiger partial charge in [-0.2, -0.15) is 0 Å². The van der Waals surface area contributed by atoms with E-state index in [4.69, 9.17) is 0 Å². The van der Waals surface area contributed by atoms with Gasteiger partial charge in [-0.05, 0) is 43.4 Å². The summed E-state index contributed by atoms with van der Waals surface area (Å²) < 4.78 is 2.02. The molecule has 1 saturated carbocycles. The molecule has 1 aliphatic carbocycles. The van der Waals surface area contributed by atoms with E-state index >= 15 is 0 Å². The molecule has 1 unspecified atom stereocenters. The van der Waals surface area contributed by atoms with Gasteiger partial charge in [0.15, 0.2) is 0 Å². The van der Waals surface area contributed by atoms with Crippen LogP contribution in [0, 0.1) is 5.92 Å². The summed E-state index contributed by atoms with van der Waals surface area (Å²) in [6, 6.07) is 9.31. The van der Waals surface area contributed by atoms with E-state index in [1.54, 1.807) is 6.20 Å². The van der Waals surface area contributed by atoms with Gasteiger partial charge in [0.1, 0.15) is 0 Å². The number of aromatic nitrogens is 2. The highest BCUT2D eigenvalue weighted by Crippen LogP contribution is 2.29. The van der Waals surface area contributed by atoms with E-state index in [9.17, 15) is 0 Å². The summed E-state index contributed by atoms with van der Waals surface area (Å²) in [7, 11) is 0. The number of rotatable bonds is 5. The molecule has 19 heavy (non-hydrogen) atoms. The molecule has 0 amide bonds. The molecule has 1 fully saturated rings. The molecular formula is C16H21N3. The van der Waals surface area contributed by atoms with Crippen molar-refractivity contribution in [2.45, 2.75) is 38.8 Å². The minimum Gasteiger partial charge on any atom is -0.310 e. The molecule has 0 radical (unpaired) electrons. The molecule has 1 aromatic heterocycles. The Kier molecular flexibility index (Phi) is 3.65. The van der Waals surface area contributed by atoms with Gasteiger partial charge in [-0.1, -0.05) is 18.6 Å². The van der Waals surface area contributed by atoms with Crippen LogP contribution < -0.4 is 5.32 Å². The monoisotopic (exact) mass is 255 g/mol. The average molecular weight is 255 g/mol. The highest BCUT2D eigenvalue weighted by Gasteiger charge is 2.23. The summed E-state index contributed by atoms with van der Waals surface area (Å²) in [6.07, 6.45) is 9.80. The molecule has 3 rings (SSSR count). The van der Waals surface area contributed by atoms with Gasteiger partial charge in [-0.25, -0.2) is 4.98 Å². The Morgan fingerprint density at radius 1 is 1.32 bits per heavy atom. The van der Waals surface area contributed by atoms with Gasteiger partial charge in [0.2, 0.25) is 0 Å². The number of benzene rings is 1. The van der Waals surface area contributed by atoms with Crippen molar-refractivity contribution in [1.82, 2.24) is 14.9 Å². The smallest absolute Gasteiger partial charge is 0.0991 e. The van der Waals surface area contributed by atoms with E-state index in [-0.39, 0.29) is 0 Å². The summed E-state index contributed by atoms with van der Waals surface area (Å²) in [5.41, 5.74) is 2.50. The fourth-order valence-electron chi connectivity index (χ4n) is 2.58. The van der Waals surface area contributed by atoms with Crippen LogP contribution in [-0.4, -0.2) is 15.6 Å². The number of hydrogen-bond acceptors (Lipinski definition) is 2. The lowest BCUT2D eigenvalue weighted by Gasteiger charge is -2.32. The first-order valence-corrected chi connectivity index (χ1v) is 7.13.